The number of hydrogen-bond donors (Lipinski definition) is 2. The maximum absolute atomic E-state index is 12.1. The zero-order valence-electron chi connectivity index (χ0n) is 11.3. The summed E-state index contributed by atoms with van der Waals surface area (Å²) in [6, 6.07) is 4.90. The molecular weight excluding hydrogens is 258 g/mol. The van der Waals surface area contributed by atoms with Crippen molar-refractivity contribution in [2.45, 2.75) is 13.5 Å². The Labute approximate surface area is 116 Å². The number of nitrogens with zero attached hydrogens (tertiary/aromatic N) is 3. The topological polar surface area (TPSA) is 103 Å². The van der Waals surface area contributed by atoms with Crippen molar-refractivity contribution in [2.75, 3.05) is 12.4 Å². The van der Waals surface area contributed by atoms with Gasteiger partial charge in [0.2, 0.25) is 11.8 Å². The predicted molar refractivity (Wildman–Crippen MR) is 73.4 cm³/mol. The summed E-state index contributed by atoms with van der Waals surface area (Å²) in [7, 11) is 1.50. The van der Waals surface area contributed by atoms with Gasteiger partial charge in [-0.25, -0.2) is 4.98 Å². The first kappa shape index (κ1) is 13.9. The Bertz CT molecular complexity index is 630. The number of aromatic nitrogens is 3. The molecule has 7 nitrogen and oxygen atoms in total. The van der Waals surface area contributed by atoms with E-state index in [0.717, 1.165) is 0 Å². The first-order valence-electron chi connectivity index (χ1n) is 5.98. The van der Waals surface area contributed by atoms with E-state index in [9.17, 15) is 4.79 Å². The molecule has 0 saturated heterocycles. The van der Waals surface area contributed by atoms with E-state index in [1.165, 1.54) is 13.3 Å². The zero-order chi connectivity index (χ0) is 14.5. The number of pyridine rings is 1. The van der Waals surface area contributed by atoms with Gasteiger partial charge in [-0.05, 0) is 19.1 Å². The van der Waals surface area contributed by atoms with Crippen LogP contribution in [0.4, 0.5) is 5.95 Å². The standard InChI is InChI=1S/C13H15N5O2/c1-8-5-11(20-2)17-13(16-8)18-12(19)9-3-4-15-10(6-9)7-14/h3-6H,7,14H2,1-2H3,(H,16,17,18,19). The fourth-order valence-electron chi connectivity index (χ4n) is 1.60. The van der Waals surface area contributed by atoms with Crippen molar-refractivity contribution in [3.8, 4) is 5.88 Å². The summed E-state index contributed by atoms with van der Waals surface area (Å²) >= 11 is 0. The van der Waals surface area contributed by atoms with Crippen molar-refractivity contribution in [3.63, 3.8) is 0 Å². The van der Waals surface area contributed by atoms with Gasteiger partial charge in [0.25, 0.3) is 5.91 Å². The molecule has 0 aromatic carbocycles. The Balaban J connectivity index is 2.20. The molecule has 2 aromatic heterocycles. The number of methoxy groups -OCH3 is 1. The molecule has 0 aliphatic carbocycles. The Hall–Kier alpha value is -2.54. The molecule has 1 amide bonds. The monoisotopic (exact) mass is 273 g/mol. The lowest BCUT2D eigenvalue weighted by atomic mass is 10.2. The number of amides is 1. The van der Waals surface area contributed by atoms with Gasteiger partial charge in [0.05, 0.1) is 12.8 Å². The lowest BCUT2D eigenvalue weighted by Crippen LogP contribution is -2.15. The van der Waals surface area contributed by atoms with E-state index in [1.807, 2.05) is 0 Å². The summed E-state index contributed by atoms with van der Waals surface area (Å²) in [6.07, 6.45) is 1.54. The Morgan fingerprint density at radius 1 is 1.40 bits per heavy atom. The first-order valence-corrected chi connectivity index (χ1v) is 5.98. The van der Waals surface area contributed by atoms with Gasteiger partial charge in [0.1, 0.15) is 0 Å². The van der Waals surface area contributed by atoms with Crippen molar-refractivity contribution in [2.24, 2.45) is 5.73 Å². The SMILES string of the molecule is COc1cc(C)nc(NC(=O)c2ccnc(CN)c2)n1. The molecule has 0 saturated carbocycles. The van der Waals surface area contributed by atoms with Crippen LogP contribution in [0.1, 0.15) is 21.7 Å². The zero-order valence-corrected chi connectivity index (χ0v) is 11.3. The van der Waals surface area contributed by atoms with Gasteiger partial charge in [-0.1, -0.05) is 0 Å². The molecule has 0 bridgehead atoms. The minimum atomic E-state index is -0.324. The van der Waals surface area contributed by atoms with Crippen molar-refractivity contribution in [3.05, 3.63) is 41.3 Å². The lowest BCUT2D eigenvalue weighted by molar-refractivity contribution is 0.102. The van der Waals surface area contributed by atoms with Crippen LogP contribution in [0.2, 0.25) is 0 Å². The average Bonchev–Trinajstić information content (AvgIpc) is 2.46. The molecule has 0 aliphatic heterocycles. The van der Waals surface area contributed by atoms with Crippen molar-refractivity contribution < 1.29 is 9.53 Å². The van der Waals surface area contributed by atoms with Gasteiger partial charge in [-0.15, -0.1) is 0 Å². The van der Waals surface area contributed by atoms with Crippen LogP contribution in [-0.2, 0) is 6.54 Å². The van der Waals surface area contributed by atoms with Crippen LogP contribution >= 0.6 is 0 Å². The molecule has 2 heterocycles. The quantitative estimate of drug-likeness (QED) is 0.857. The first-order chi connectivity index (χ1) is 9.62. The number of carbonyl (C=O) groups excluding carboxylic acids is 1. The second-order valence-electron chi connectivity index (χ2n) is 4.07. The van der Waals surface area contributed by atoms with Gasteiger partial charge in [-0.3, -0.25) is 15.1 Å². The largest absolute Gasteiger partial charge is 0.481 e. The second kappa shape index (κ2) is 6.07. The highest BCUT2D eigenvalue weighted by Gasteiger charge is 2.10. The van der Waals surface area contributed by atoms with E-state index in [0.29, 0.717) is 22.8 Å². The van der Waals surface area contributed by atoms with Crippen LogP contribution in [0.5, 0.6) is 5.88 Å². The lowest BCUT2D eigenvalue weighted by Gasteiger charge is -2.07. The summed E-state index contributed by atoms with van der Waals surface area (Å²) in [4.78, 5) is 24.3. The molecule has 0 aliphatic rings. The van der Waals surface area contributed by atoms with Crippen LogP contribution in [0.25, 0.3) is 0 Å². The smallest absolute Gasteiger partial charge is 0.258 e. The fraction of sp³-hybridized carbons (Fsp3) is 0.231. The number of hydrogen-bond acceptors (Lipinski definition) is 6. The number of ether oxygens (including phenoxy) is 1. The third-order valence-corrected chi connectivity index (χ3v) is 2.55. The average molecular weight is 273 g/mol. The highest BCUT2D eigenvalue weighted by atomic mass is 16.5. The fourth-order valence-corrected chi connectivity index (χ4v) is 1.60. The van der Waals surface area contributed by atoms with E-state index in [1.54, 1.807) is 25.1 Å². The number of nitrogens with two attached hydrogens (primary N) is 1. The number of nitrogens with one attached hydrogen (secondary N) is 1. The molecule has 0 radical (unpaired) electrons. The van der Waals surface area contributed by atoms with Gasteiger partial charge in [-0.2, -0.15) is 4.98 Å². The van der Waals surface area contributed by atoms with E-state index < -0.39 is 0 Å². The molecule has 0 atom stereocenters. The van der Waals surface area contributed by atoms with Gasteiger partial charge in [0.15, 0.2) is 0 Å². The predicted octanol–water partition coefficient (Wildman–Crippen LogP) is 0.900. The highest BCUT2D eigenvalue weighted by Crippen LogP contribution is 2.12. The normalized spacial score (nSPS) is 10.2. The van der Waals surface area contributed by atoms with Crippen LogP contribution in [0.3, 0.4) is 0 Å². The van der Waals surface area contributed by atoms with Crippen molar-refractivity contribution >= 4 is 11.9 Å². The third-order valence-electron chi connectivity index (χ3n) is 2.55. The maximum Gasteiger partial charge on any atom is 0.258 e. The molecule has 0 unspecified atom stereocenters. The van der Waals surface area contributed by atoms with E-state index in [4.69, 9.17) is 10.5 Å². The molecule has 3 N–H and O–H groups in total. The number of aryl methyl sites for hydroxylation is 1. The number of anilines is 1. The van der Waals surface area contributed by atoms with Crippen LogP contribution in [0, 0.1) is 6.92 Å². The highest BCUT2D eigenvalue weighted by molar-refractivity contribution is 6.03. The molecule has 7 heteroatoms. The van der Waals surface area contributed by atoms with E-state index >= 15 is 0 Å². The summed E-state index contributed by atoms with van der Waals surface area (Å²) in [5.41, 5.74) is 7.28. The Kier molecular flexibility index (Phi) is 4.21. The summed E-state index contributed by atoms with van der Waals surface area (Å²) in [5, 5.41) is 2.62. The molecule has 0 spiro atoms. The molecule has 2 aromatic rings. The number of carbonyl (C=O) groups is 1. The minimum Gasteiger partial charge on any atom is -0.481 e. The molecular formula is C13H15N5O2. The molecule has 104 valence electrons. The molecule has 2 rings (SSSR count). The minimum absolute atomic E-state index is 0.193. The van der Waals surface area contributed by atoms with E-state index in [-0.39, 0.29) is 18.4 Å². The summed E-state index contributed by atoms with van der Waals surface area (Å²) in [6.45, 7) is 2.06. The van der Waals surface area contributed by atoms with Crippen molar-refractivity contribution in [1.82, 2.24) is 15.0 Å². The van der Waals surface area contributed by atoms with Crippen LogP contribution in [-0.4, -0.2) is 28.0 Å². The molecule has 20 heavy (non-hydrogen) atoms. The third kappa shape index (κ3) is 3.27. The second-order valence-corrected chi connectivity index (χ2v) is 4.07. The molecule has 0 fully saturated rings. The van der Waals surface area contributed by atoms with Crippen molar-refractivity contribution in [1.29, 1.82) is 0 Å². The van der Waals surface area contributed by atoms with Gasteiger partial charge in [0, 0.05) is 30.1 Å². The van der Waals surface area contributed by atoms with Gasteiger partial charge >= 0.3 is 0 Å². The summed E-state index contributed by atoms with van der Waals surface area (Å²) in [5.74, 6) is 0.262. The maximum atomic E-state index is 12.1. The van der Waals surface area contributed by atoms with E-state index in [2.05, 4.69) is 20.3 Å². The van der Waals surface area contributed by atoms with Gasteiger partial charge < -0.3 is 10.5 Å². The Morgan fingerprint density at radius 2 is 2.20 bits per heavy atom. The Morgan fingerprint density at radius 3 is 2.90 bits per heavy atom. The summed E-state index contributed by atoms with van der Waals surface area (Å²) < 4.78 is 5.03. The van der Waals surface area contributed by atoms with Crippen LogP contribution in [0.15, 0.2) is 24.4 Å². The number of rotatable bonds is 4. The van der Waals surface area contributed by atoms with Crippen LogP contribution < -0.4 is 15.8 Å².